The predicted molar refractivity (Wildman–Crippen MR) is 64.9 cm³/mol. The largest absolute Gasteiger partial charge is 0.485 e. The Labute approximate surface area is 108 Å². The lowest BCUT2D eigenvalue weighted by Gasteiger charge is -2.06. The first-order valence-electron chi connectivity index (χ1n) is 4.54. The van der Waals surface area contributed by atoms with Crippen molar-refractivity contribution in [2.24, 2.45) is 0 Å². The number of ether oxygens (including phenoxy) is 1. The fourth-order valence-electron chi connectivity index (χ4n) is 1.18. The SMILES string of the molecule is Nc1ncc(COc2cc(Br)cc(F)c2F)s1. The standard InChI is InChI=1S/C10H7BrF2N2OS/c11-5-1-7(12)9(13)8(2-5)16-4-6-3-15-10(14)17-6/h1-3H,4H2,(H2,14,15). The average molecular weight is 321 g/mol. The quantitative estimate of drug-likeness (QED) is 0.882. The Morgan fingerprint density at radius 3 is 2.82 bits per heavy atom. The van der Waals surface area contributed by atoms with Crippen LogP contribution in [-0.4, -0.2) is 4.98 Å². The van der Waals surface area contributed by atoms with E-state index in [0.29, 0.717) is 9.60 Å². The van der Waals surface area contributed by atoms with Gasteiger partial charge in [0.1, 0.15) is 6.61 Å². The highest BCUT2D eigenvalue weighted by molar-refractivity contribution is 9.10. The number of aromatic nitrogens is 1. The molecule has 90 valence electrons. The van der Waals surface area contributed by atoms with Crippen molar-refractivity contribution in [2.75, 3.05) is 5.73 Å². The summed E-state index contributed by atoms with van der Waals surface area (Å²) >= 11 is 4.30. The number of nitrogens with zero attached hydrogens (tertiary/aromatic N) is 1. The van der Waals surface area contributed by atoms with Crippen molar-refractivity contribution in [1.29, 1.82) is 0 Å². The smallest absolute Gasteiger partial charge is 0.200 e. The van der Waals surface area contributed by atoms with Gasteiger partial charge in [-0.15, -0.1) is 0 Å². The van der Waals surface area contributed by atoms with Crippen LogP contribution in [0.25, 0.3) is 0 Å². The minimum Gasteiger partial charge on any atom is -0.485 e. The van der Waals surface area contributed by atoms with Crippen LogP contribution in [0.5, 0.6) is 5.75 Å². The van der Waals surface area contributed by atoms with Crippen LogP contribution < -0.4 is 10.5 Å². The molecule has 1 aromatic carbocycles. The van der Waals surface area contributed by atoms with E-state index in [-0.39, 0.29) is 12.4 Å². The van der Waals surface area contributed by atoms with E-state index < -0.39 is 11.6 Å². The zero-order chi connectivity index (χ0) is 12.4. The second-order valence-corrected chi connectivity index (χ2v) is 5.22. The summed E-state index contributed by atoms with van der Waals surface area (Å²) < 4.78 is 32.0. The molecular weight excluding hydrogens is 314 g/mol. The number of nitrogens with two attached hydrogens (primary N) is 1. The molecule has 0 fully saturated rings. The van der Waals surface area contributed by atoms with E-state index in [9.17, 15) is 8.78 Å². The first-order chi connectivity index (χ1) is 8.06. The molecule has 3 nitrogen and oxygen atoms in total. The van der Waals surface area contributed by atoms with Gasteiger partial charge in [-0.05, 0) is 12.1 Å². The molecule has 1 heterocycles. The fraction of sp³-hybridized carbons (Fsp3) is 0.100. The molecule has 2 N–H and O–H groups in total. The Morgan fingerprint density at radius 1 is 1.41 bits per heavy atom. The van der Waals surface area contributed by atoms with Gasteiger partial charge in [0.05, 0.1) is 4.88 Å². The van der Waals surface area contributed by atoms with E-state index in [1.54, 1.807) is 0 Å². The molecule has 0 aliphatic heterocycles. The monoisotopic (exact) mass is 320 g/mol. The predicted octanol–water partition coefficient (Wildman–Crippen LogP) is 3.35. The highest BCUT2D eigenvalue weighted by Gasteiger charge is 2.11. The number of hydrogen-bond acceptors (Lipinski definition) is 4. The molecule has 1 aromatic heterocycles. The first-order valence-corrected chi connectivity index (χ1v) is 6.14. The van der Waals surface area contributed by atoms with Crippen LogP contribution in [0.3, 0.4) is 0 Å². The zero-order valence-corrected chi connectivity index (χ0v) is 10.8. The third-order valence-electron chi connectivity index (χ3n) is 1.90. The lowest BCUT2D eigenvalue weighted by molar-refractivity contribution is 0.287. The lowest BCUT2D eigenvalue weighted by Crippen LogP contribution is -1.97. The number of nitrogen functional groups attached to an aromatic ring is 1. The number of benzene rings is 1. The Bertz CT molecular complexity index is 547. The molecule has 0 unspecified atom stereocenters. The normalized spacial score (nSPS) is 10.5. The maximum absolute atomic E-state index is 13.3. The van der Waals surface area contributed by atoms with Gasteiger partial charge >= 0.3 is 0 Å². The summed E-state index contributed by atoms with van der Waals surface area (Å²) in [7, 11) is 0. The van der Waals surface area contributed by atoms with E-state index in [4.69, 9.17) is 10.5 Å². The highest BCUT2D eigenvalue weighted by Crippen LogP contribution is 2.26. The molecule has 0 aliphatic rings. The molecule has 0 spiro atoms. The maximum Gasteiger partial charge on any atom is 0.200 e. The third-order valence-corrected chi connectivity index (χ3v) is 3.16. The van der Waals surface area contributed by atoms with Crippen LogP contribution in [0.4, 0.5) is 13.9 Å². The van der Waals surface area contributed by atoms with Crippen LogP contribution in [0.1, 0.15) is 4.88 Å². The summed E-state index contributed by atoms with van der Waals surface area (Å²) in [5.74, 6) is -2.12. The van der Waals surface area contributed by atoms with Gasteiger partial charge in [-0.25, -0.2) is 9.37 Å². The summed E-state index contributed by atoms with van der Waals surface area (Å²) in [4.78, 5) is 4.56. The number of hydrogen-bond donors (Lipinski definition) is 1. The second-order valence-electron chi connectivity index (χ2n) is 3.15. The van der Waals surface area contributed by atoms with Crippen molar-refractivity contribution in [1.82, 2.24) is 4.98 Å². The molecule has 7 heteroatoms. The van der Waals surface area contributed by atoms with E-state index >= 15 is 0 Å². The number of rotatable bonds is 3. The van der Waals surface area contributed by atoms with Crippen LogP contribution in [0.2, 0.25) is 0 Å². The molecule has 17 heavy (non-hydrogen) atoms. The average Bonchev–Trinajstić information content (AvgIpc) is 2.67. The van der Waals surface area contributed by atoms with Gasteiger partial charge in [0.15, 0.2) is 16.7 Å². The van der Waals surface area contributed by atoms with Gasteiger partial charge in [0, 0.05) is 10.7 Å². The summed E-state index contributed by atoms with van der Waals surface area (Å²) in [6.07, 6.45) is 1.53. The van der Waals surface area contributed by atoms with Gasteiger partial charge in [0.25, 0.3) is 0 Å². The minimum absolute atomic E-state index is 0.0989. The van der Waals surface area contributed by atoms with Crippen molar-refractivity contribution in [3.05, 3.63) is 39.3 Å². The van der Waals surface area contributed by atoms with Crippen LogP contribution in [-0.2, 0) is 6.61 Å². The van der Waals surface area contributed by atoms with E-state index in [2.05, 4.69) is 20.9 Å². The molecule has 0 saturated carbocycles. The minimum atomic E-state index is -1.01. The van der Waals surface area contributed by atoms with Gasteiger partial charge < -0.3 is 10.5 Å². The number of anilines is 1. The van der Waals surface area contributed by atoms with E-state index in [0.717, 1.165) is 10.9 Å². The van der Waals surface area contributed by atoms with Crippen LogP contribution in [0.15, 0.2) is 22.8 Å². The van der Waals surface area contributed by atoms with Crippen molar-refractivity contribution in [3.8, 4) is 5.75 Å². The Balaban J connectivity index is 2.14. The maximum atomic E-state index is 13.3. The molecule has 0 aliphatic carbocycles. The molecule has 0 bridgehead atoms. The molecule has 0 saturated heterocycles. The lowest BCUT2D eigenvalue weighted by atomic mass is 10.3. The van der Waals surface area contributed by atoms with Crippen molar-refractivity contribution in [3.63, 3.8) is 0 Å². The third kappa shape index (κ3) is 2.92. The Hall–Kier alpha value is -1.21. The van der Waals surface area contributed by atoms with Crippen molar-refractivity contribution < 1.29 is 13.5 Å². The van der Waals surface area contributed by atoms with Crippen molar-refractivity contribution in [2.45, 2.75) is 6.61 Å². The zero-order valence-electron chi connectivity index (χ0n) is 8.41. The van der Waals surface area contributed by atoms with Gasteiger partial charge in [-0.2, -0.15) is 4.39 Å². The summed E-state index contributed by atoms with van der Waals surface area (Å²) in [5, 5.41) is 0.407. The molecule has 2 rings (SSSR count). The summed E-state index contributed by atoms with van der Waals surface area (Å²) in [6.45, 7) is 0.0989. The molecule has 0 atom stereocenters. The van der Waals surface area contributed by atoms with Gasteiger partial charge in [-0.3, -0.25) is 0 Å². The number of halogens is 3. The number of thiazole rings is 1. The molecule has 2 aromatic rings. The topological polar surface area (TPSA) is 48.1 Å². The Morgan fingerprint density at radius 2 is 2.18 bits per heavy atom. The Kier molecular flexibility index (Phi) is 3.58. The van der Waals surface area contributed by atoms with E-state index in [1.165, 1.54) is 23.6 Å². The summed E-state index contributed by atoms with van der Waals surface area (Å²) in [6, 6.07) is 2.40. The van der Waals surface area contributed by atoms with Gasteiger partial charge in [0.2, 0.25) is 5.82 Å². The molecule has 0 amide bonds. The van der Waals surface area contributed by atoms with E-state index in [1.807, 2.05) is 0 Å². The van der Waals surface area contributed by atoms with Crippen LogP contribution in [0, 0.1) is 11.6 Å². The molecular formula is C10H7BrF2N2OS. The summed E-state index contributed by atoms with van der Waals surface area (Å²) in [5.41, 5.74) is 5.44. The molecule has 0 radical (unpaired) electrons. The first kappa shape index (κ1) is 12.3. The van der Waals surface area contributed by atoms with Crippen molar-refractivity contribution >= 4 is 32.4 Å². The van der Waals surface area contributed by atoms with Gasteiger partial charge in [-0.1, -0.05) is 27.3 Å². The van der Waals surface area contributed by atoms with Crippen LogP contribution >= 0.6 is 27.3 Å². The fourth-order valence-corrected chi connectivity index (χ4v) is 2.18. The highest BCUT2D eigenvalue weighted by atomic mass is 79.9. The second kappa shape index (κ2) is 4.97.